The molecule has 0 bridgehead atoms. The Morgan fingerprint density at radius 1 is 1.53 bits per heavy atom. The van der Waals surface area contributed by atoms with Crippen LogP contribution in [-0.4, -0.2) is 27.5 Å². The highest BCUT2D eigenvalue weighted by molar-refractivity contribution is 9.10. The minimum Gasteiger partial charge on any atom is -0.495 e. The lowest BCUT2D eigenvalue weighted by atomic mass is 10.1. The number of nitrogens with two attached hydrogens (primary N) is 1. The predicted octanol–water partition coefficient (Wildman–Crippen LogP) is 2.16. The van der Waals surface area contributed by atoms with Gasteiger partial charge in [-0.15, -0.1) is 0 Å². The molecule has 0 heterocycles. The molecule has 4 nitrogen and oxygen atoms in total. The van der Waals surface area contributed by atoms with Crippen LogP contribution in [-0.2, 0) is 9.84 Å². The first-order valence-electron chi connectivity index (χ1n) is 4.71. The fourth-order valence-electron chi connectivity index (χ4n) is 1.49. The second kappa shape index (κ2) is 5.56. The fourth-order valence-corrected chi connectivity index (χ4v) is 3.31. The Kier molecular flexibility index (Phi) is 4.83. The highest BCUT2D eigenvalue weighted by Gasteiger charge is 2.19. The van der Waals surface area contributed by atoms with E-state index in [0.29, 0.717) is 20.8 Å². The Balaban J connectivity index is 3.20. The topological polar surface area (TPSA) is 69.4 Å². The van der Waals surface area contributed by atoms with Gasteiger partial charge in [-0.3, -0.25) is 0 Å². The molecule has 2 N–H and O–H groups in total. The third kappa shape index (κ3) is 4.13. The molecule has 17 heavy (non-hydrogen) atoms. The molecule has 0 radical (unpaired) electrons. The van der Waals surface area contributed by atoms with Gasteiger partial charge in [-0.25, -0.2) is 8.42 Å². The van der Waals surface area contributed by atoms with Crippen molar-refractivity contribution in [1.29, 1.82) is 0 Å². The van der Waals surface area contributed by atoms with Gasteiger partial charge >= 0.3 is 0 Å². The summed E-state index contributed by atoms with van der Waals surface area (Å²) in [5.74, 6) is 0.349. The van der Waals surface area contributed by atoms with Crippen LogP contribution in [0.4, 0.5) is 0 Å². The van der Waals surface area contributed by atoms with E-state index >= 15 is 0 Å². The lowest BCUT2D eigenvalue weighted by molar-refractivity contribution is 0.404. The van der Waals surface area contributed by atoms with Gasteiger partial charge in [0.2, 0.25) is 0 Å². The van der Waals surface area contributed by atoms with Crippen molar-refractivity contribution >= 4 is 37.4 Å². The molecular weight excluding hydrogens is 330 g/mol. The summed E-state index contributed by atoms with van der Waals surface area (Å²) in [6.07, 6.45) is 1.14. The molecule has 96 valence electrons. The number of benzene rings is 1. The van der Waals surface area contributed by atoms with Gasteiger partial charge < -0.3 is 10.5 Å². The second-order valence-electron chi connectivity index (χ2n) is 3.71. The van der Waals surface area contributed by atoms with Gasteiger partial charge in [-0.05, 0) is 28.1 Å². The Labute approximate surface area is 114 Å². The van der Waals surface area contributed by atoms with Crippen molar-refractivity contribution in [3.05, 3.63) is 27.2 Å². The zero-order valence-electron chi connectivity index (χ0n) is 9.41. The molecule has 0 aliphatic carbocycles. The van der Waals surface area contributed by atoms with Crippen LogP contribution in [0.25, 0.3) is 0 Å². The summed E-state index contributed by atoms with van der Waals surface area (Å²) in [5.41, 5.74) is 6.42. The minimum atomic E-state index is -3.16. The summed E-state index contributed by atoms with van der Waals surface area (Å²) in [5, 5.41) is 0.469. The largest absolute Gasteiger partial charge is 0.495 e. The third-order valence-corrected chi connectivity index (χ3v) is 3.89. The number of methoxy groups -OCH3 is 1. The van der Waals surface area contributed by atoms with Crippen LogP contribution in [0.5, 0.6) is 5.75 Å². The summed E-state index contributed by atoms with van der Waals surface area (Å²) in [4.78, 5) is 0. The molecule has 1 rings (SSSR count). The van der Waals surface area contributed by atoms with Gasteiger partial charge in [0.05, 0.1) is 17.3 Å². The van der Waals surface area contributed by atoms with Gasteiger partial charge in [0.25, 0.3) is 0 Å². The number of rotatable bonds is 4. The Morgan fingerprint density at radius 2 is 2.12 bits per heavy atom. The normalized spacial score (nSPS) is 13.5. The molecule has 0 fully saturated rings. The molecule has 1 unspecified atom stereocenters. The molecule has 0 spiro atoms. The quantitative estimate of drug-likeness (QED) is 0.910. The van der Waals surface area contributed by atoms with E-state index in [2.05, 4.69) is 15.9 Å². The van der Waals surface area contributed by atoms with Crippen molar-refractivity contribution in [2.24, 2.45) is 5.73 Å². The van der Waals surface area contributed by atoms with Crippen LogP contribution in [0.1, 0.15) is 11.6 Å². The summed E-state index contributed by atoms with van der Waals surface area (Å²) in [6.45, 7) is 0. The van der Waals surface area contributed by atoms with Crippen molar-refractivity contribution < 1.29 is 13.2 Å². The Hall–Kier alpha value is -0.300. The maximum Gasteiger partial charge on any atom is 0.149 e. The molecule has 1 aromatic carbocycles. The summed E-state index contributed by atoms with van der Waals surface area (Å²) >= 11 is 9.20. The third-order valence-electron chi connectivity index (χ3n) is 2.12. The molecule has 0 aliphatic rings. The summed E-state index contributed by atoms with van der Waals surface area (Å²) in [6, 6.07) is 2.60. The number of hydrogen-bond acceptors (Lipinski definition) is 4. The standard InChI is InChI=1S/C10H13BrClNO3S/c1-16-10-7(3-6(12)4-8(10)11)9(13)5-17(2,14)15/h3-4,9H,5,13H2,1-2H3. The van der Waals surface area contributed by atoms with E-state index in [0.717, 1.165) is 6.26 Å². The van der Waals surface area contributed by atoms with E-state index in [-0.39, 0.29) is 5.75 Å². The molecular formula is C10H13BrClNO3S. The molecule has 7 heteroatoms. The SMILES string of the molecule is COc1c(Br)cc(Cl)cc1C(N)CS(C)(=O)=O. The first-order valence-corrected chi connectivity index (χ1v) is 7.94. The first-order chi connectivity index (χ1) is 7.74. The molecule has 0 aliphatic heterocycles. The fraction of sp³-hybridized carbons (Fsp3) is 0.400. The average Bonchev–Trinajstić information content (AvgIpc) is 2.13. The van der Waals surface area contributed by atoms with Gasteiger partial charge in [0.1, 0.15) is 15.6 Å². The van der Waals surface area contributed by atoms with Crippen LogP contribution in [0.15, 0.2) is 16.6 Å². The summed E-state index contributed by atoms with van der Waals surface area (Å²) in [7, 11) is -1.67. The van der Waals surface area contributed by atoms with E-state index in [4.69, 9.17) is 22.1 Å². The number of hydrogen-bond donors (Lipinski definition) is 1. The van der Waals surface area contributed by atoms with Crippen molar-refractivity contribution in [3.63, 3.8) is 0 Å². The summed E-state index contributed by atoms with van der Waals surface area (Å²) < 4.78 is 28.3. The van der Waals surface area contributed by atoms with Crippen LogP contribution < -0.4 is 10.5 Å². The zero-order chi connectivity index (χ0) is 13.2. The lowest BCUT2D eigenvalue weighted by Gasteiger charge is -2.16. The minimum absolute atomic E-state index is 0.157. The maximum atomic E-state index is 11.2. The van der Waals surface area contributed by atoms with Gasteiger partial charge in [-0.2, -0.15) is 0 Å². The van der Waals surface area contributed by atoms with E-state index in [1.54, 1.807) is 12.1 Å². The van der Waals surface area contributed by atoms with Crippen molar-refractivity contribution in [2.45, 2.75) is 6.04 Å². The van der Waals surface area contributed by atoms with Gasteiger partial charge in [0, 0.05) is 22.9 Å². The predicted molar refractivity (Wildman–Crippen MR) is 72.3 cm³/mol. The molecule has 0 saturated heterocycles. The van der Waals surface area contributed by atoms with Crippen molar-refractivity contribution in [2.75, 3.05) is 19.1 Å². The molecule has 0 amide bonds. The molecule has 0 saturated carbocycles. The number of halogens is 2. The highest BCUT2D eigenvalue weighted by atomic mass is 79.9. The molecule has 0 aromatic heterocycles. The van der Waals surface area contributed by atoms with Gasteiger partial charge in [0.15, 0.2) is 0 Å². The molecule has 1 atom stereocenters. The Morgan fingerprint density at radius 3 is 2.59 bits per heavy atom. The van der Waals surface area contributed by atoms with E-state index in [1.165, 1.54) is 7.11 Å². The number of sulfone groups is 1. The van der Waals surface area contributed by atoms with Crippen LogP contribution in [0.3, 0.4) is 0 Å². The smallest absolute Gasteiger partial charge is 0.149 e. The maximum absolute atomic E-state index is 11.2. The van der Waals surface area contributed by atoms with Crippen LogP contribution in [0, 0.1) is 0 Å². The number of ether oxygens (including phenoxy) is 1. The van der Waals surface area contributed by atoms with Crippen molar-refractivity contribution in [3.8, 4) is 5.75 Å². The van der Waals surface area contributed by atoms with Crippen LogP contribution in [0.2, 0.25) is 5.02 Å². The lowest BCUT2D eigenvalue weighted by Crippen LogP contribution is -2.21. The van der Waals surface area contributed by atoms with E-state index in [1.807, 2.05) is 0 Å². The van der Waals surface area contributed by atoms with Gasteiger partial charge in [-0.1, -0.05) is 11.6 Å². The monoisotopic (exact) mass is 341 g/mol. The second-order valence-corrected chi connectivity index (χ2v) is 7.18. The van der Waals surface area contributed by atoms with E-state index < -0.39 is 15.9 Å². The zero-order valence-corrected chi connectivity index (χ0v) is 12.6. The van der Waals surface area contributed by atoms with E-state index in [9.17, 15) is 8.42 Å². The molecule has 1 aromatic rings. The first kappa shape index (κ1) is 14.8. The Bertz CT molecular complexity index is 519. The van der Waals surface area contributed by atoms with Crippen molar-refractivity contribution in [1.82, 2.24) is 0 Å². The average molecular weight is 343 g/mol. The highest BCUT2D eigenvalue weighted by Crippen LogP contribution is 2.35. The van der Waals surface area contributed by atoms with Crippen LogP contribution >= 0.6 is 27.5 Å².